The van der Waals surface area contributed by atoms with E-state index in [4.69, 9.17) is 14.2 Å². The van der Waals surface area contributed by atoms with Crippen molar-refractivity contribution in [3.63, 3.8) is 0 Å². The second-order valence-corrected chi connectivity index (χ2v) is 8.77. The van der Waals surface area contributed by atoms with Crippen LogP contribution in [0, 0.1) is 5.92 Å². The van der Waals surface area contributed by atoms with Gasteiger partial charge in [-0.3, -0.25) is 4.79 Å². The van der Waals surface area contributed by atoms with Crippen LogP contribution in [0.2, 0.25) is 0 Å². The molecule has 0 saturated carbocycles. The average Bonchev–Trinajstić information content (AvgIpc) is 3.27. The molecular weight excluding hydrogens is 392 g/mol. The lowest BCUT2D eigenvalue weighted by atomic mass is 9.93. The number of fused-ring (bicyclic) bond motifs is 2. The van der Waals surface area contributed by atoms with Gasteiger partial charge in [-0.1, -0.05) is 12.1 Å². The van der Waals surface area contributed by atoms with Gasteiger partial charge in [0.25, 0.3) is 5.91 Å². The molecular formula is C25H30N2O4. The molecule has 1 fully saturated rings. The lowest BCUT2D eigenvalue weighted by Crippen LogP contribution is -2.45. The predicted molar refractivity (Wildman–Crippen MR) is 118 cm³/mol. The van der Waals surface area contributed by atoms with E-state index in [1.54, 1.807) is 7.11 Å². The number of hydrogen-bond acceptors (Lipinski definition) is 5. The Hall–Kier alpha value is -2.73. The summed E-state index contributed by atoms with van der Waals surface area (Å²) < 4.78 is 16.2. The van der Waals surface area contributed by atoms with Crippen LogP contribution in [0.15, 0.2) is 36.4 Å². The first-order valence-electron chi connectivity index (χ1n) is 11.3. The number of benzene rings is 2. The highest BCUT2D eigenvalue weighted by atomic mass is 16.7. The minimum atomic E-state index is 0.134. The zero-order valence-corrected chi connectivity index (χ0v) is 18.1. The van der Waals surface area contributed by atoms with Crippen molar-refractivity contribution < 1.29 is 19.0 Å². The van der Waals surface area contributed by atoms with E-state index >= 15 is 0 Å². The van der Waals surface area contributed by atoms with Crippen LogP contribution in [0.25, 0.3) is 0 Å². The molecule has 5 rings (SSSR count). The fraction of sp³-hybridized carbons (Fsp3) is 0.480. The van der Waals surface area contributed by atoms with Gasteiger partial charge in [0.05, 0.1) is 7.11 Å². The van der Waals surface area contributed by atoms with Gasteiger partial charge in [0.15, 0.2) is 11.5 Å². The lowest BCUT2D eigenvalue weighted by molar-refractivity contribution is 0.0662. The maximum Gasteiger partial charge on any atom is 0.254 e. The van der Waals surface area contributed by atoms with E-state index in [0.717, 1.165) is 68.2 Å². The molecule has 6 heteroatoms. The predicted octanol–water partition coefficient (Wildman–Crippen LogP) is 3.38. The molecule has 1 atom stereocenters. The fourth-order valence-corrected chi connectivity index (χ4v) is 4.99. The molecule has 6 nitrogen and oxygen atoms in total. The second kappa shape index (κ2) is 8.79. The lowest BCUT2D eigenvalue weighted by Gasteiger charge is -2.37. The zero-order valence-electron chi connectivity index (χ0n) is 18.1. The quantitative estimate of drug-likeness (QED) is 0.714. The Balaban J connectivity index is 1.17. The topological polar surface area (TPSA) is 51.2 Å². The fourth-order valence-electron chi connectivity index (χ4n) is 4.99. The first kappa shape index (κ1) is 20.2. The molecule has 1 amide bonds. The number of rotatable bonds is 6. The largest absolute Gasteiger partial charge is 0.497 e. The number of carbonyl (C=O) groups is 1. The van der Waals surface area contributed by atoms with Gasteiger partial charge in [-0.05, 0) is 73.5 Å². The molecule has 1 saturated heterocycles. The second-order valence-electron chi connectivity index (χ2n) is 8.77. The molecule has 2 aromatic carbocycles. The van der Waals surface area contributed by atoms with E-state index in [1.165, 1.54) is 18.4 Å². The summed E-state index contributed by atoms with van der Waals surface area (Å²) in [7, 11) is 1.70. The smallest absolute Gasteiger partial charge is 0.254 e. The Kier molecular flexibility index (Phi) is 5.72. The molecule has 31 heavy (non-hydrogen) atoms. The van der Waals surface area contributed by atoms with Crippen LogP contribution < -0.4 is 14.2 Å². The van der Waals surface area contributed by atoms with E-state index in [0.29, 0.717) is 11.7 Å². The Morgan fingerprint density at radius 1 is 1.10 bits per heavy atom. The number of likely N-dealkylation sites (tertiary alicyclic amines) is 1. The Labute approximate surface area is 183 Å². The van der Waals surface area contributed by atoms with Crippen LogP contribution >= 0.6 is 0 Å². The van der Waals surface area contributed by atoms with E-state index in [9.17, 15) is 4.79 Å². The van der Waals surface area contributed by atoms with Gasteiger partial charge in [-0.15, -0.1) is 0 Å². The van der Waals surface area contributed by atoms with Gasteiger partial charge >= 0.3 is 0 Å². The summed E-state index contributed by atoms with van der Waals surface area (Å²) in [5.41, 5.74) is 3.20. The summed E-state index contributed by atoms with van der Waals surface area (Å²) in [6, 6.07) is 12.2. The van der Waals surface area contributed by atoms with Crippen molar-refractivity contribution in [2.75, 3.05) is 46.6 Å². The first-order valence-corrected chi connectivity index (χ1v) is 11.3. The van der Waals surface area contributed by atoms with Crippen molar-refractivity contribution in [1.82, 2.24) is 9.80 Å². The molecule has 3 heterocycles. The van der Waals surface area contributed by atoms with Crippen molar-refractivity contribution in [1.29, 1.82) is 0 Å². The third-order valence-corrected chi connectivity index (χ3v) is 6.72. The summed E-state index contributed by atoms with van der Waals surface area (Å²) in [6.07, 6.45) is 4.31. The third-order valence-electron chi connectivity index (χ3n) is 6.72. The number of ether oxygens (including phenoxy) is 3. The summed E-state index contributed by atoms with van der Waals surface area (Å²) in [6.45, 7) is 5.13. The molecule has 3 aliphatic rings. The summed E-state index contributed by atoms with van der Waals surface area (Å²) >= 11 is 0. The Morgan fingerprint density at radius 3 is 2.71 bits per heavy atom. The molecule has 0 radical (unpaired) electrons. The van der Waals surface area contributed by atoms with Gasteiger partial charge in [-0.25, -0.2) is 0 Å². The maximum absolute atomic E-state index is 13.1. The van der Waals surface area contributed by atoms with Gasteiger partial charge in [-0.2, -0.15) is 0 Å². The molecule has 0 aromatic heterocycles. The Bertz CT molecular complexity index is 943. The van der Waals surface area contributed by atoms with Crippen molar-refractivity contribution in [2.24, 2.45) is 5.92 Å². The van der Waals surface area contributed by atoms with Crippen LogP contribution in [0.4, 0.5) is 0 Å². The van der Waals surface area contributed by atoms with Crippen molar-refractivity contribution in [2.45, 2.75) is 25.7 Å². The van der Waals surface area contributed by atoms with Crippen molar-refractivity contribution in [3.05, 3.63) is 53.1 Å². The van der Waals surface area contributed by atoms with Gasteiger partial charge < -0.3 is 24.0 Å². The number of carbonyl (C=O) groups excluding carboxylic acids is 1. The molecule has 0 spiro atoms. The number of nitrogens with zero attached hydrogens (tertiary/aromatic N) is 2. The average molecular weight is 423 g/mol. The van der Waals surface area contributed by atoms with Crippen LogP contribution in [0.5, 0.6) is 17.2 Å². The molecule has 164 valence electrons. The van der Waals surface area contributed by atoms with Gasteiger partial charge in [0, 0.05) is 31.7 Å². The SMILES string of the molecule is COc1ccc(CCN2CCCC(CN3CCc4cc5c(cc4C3=O)OCO5)C2)cc1. The van der Waals surface area contributed by atoms with E-state index in [2.05, 4.69) is 17.0 Å². The summed E-state index contributed by atoms with van der Waals surface area (Å²) in [4.78, 5) is 17.7. The standard InChI is InChI=1S/C25H30N2O4/c1-29-21-6-4-18(5-7-21)8-11-26-10-2-3-19(15-26)16-27-12-9-20-13-23-24(31-17-30-23)14-22(20)25(27)28/h4-7,13-14,19H,2-3,8-12,15-17H2,1H3. The summed E-state index contributed by atoms with van der Waals surface area (Å²) in [5, 5.41) is 0. The highest BCUT2D eigenvalue weighted by Gasteiger charge is 2.30. The van der Waals surface area contributed by atoms with E-state index < -0.39 is 0 Å². The summed E-state index contributed by atoms with van der Waals surface area (Å²) in [5.74, 6) is 3.02. The zero-order chi connectivity index (χ0) is 21.2. The number of hydrogen-bond donors (Lipinski definition) is 0. The number of amides is 1. The van der Waals surface area contributed by atoms with Crippen molar-refractivity contribution >= 4 is 5.91 Å². The van der Waals surface area contributed by atoms with Gasteiger partial charge in [0.2, 0.25) is 6.79 Å². The van der Waals surface area contributed by atoms with Crippen LogP contribution in [0.3, 0.4) is 0 Å². The highest BCUT2D eigenvalue weighted by Crippen LogP contribution is 2.37. The molecule has 1 unspecified atom stereocenters. The molecule has 0 aliphatic carbocycles. The van der Waals surface area contributed by atoms with E-state index in [-0.39, 0.29) is 12.7 Å². The number of methoxy groups -OCH3 is 1. The minimum Gasteiger partial charge on any atom is -0.497 e. The minimum absolute atomic E-state index is 0.134. The molecule has 0 bridgehead atoms. The Morgan fingerprint density at radius 2 is 1.90 bits per heavy atom. The number of piperidine rings is 1. The third kappa shape index (κ3) is 4.35. The van der Waals surface area contributed by atoms with E-state index in [1.807, 2.05) is 29.2 Å². The van der Waals surface area contributed by atoms with Crippen LogP contribution in [-0.4, -0.2) is 62.3 Å². The maximum atomic E-state index is 13.1. The molecule has 2 aromatic rings. The highest BCUT2D eigenvalue weighted by molar-refractivity contribution is 5.97. The normalized spacial score (nSPS) is 20.6. The first-order chi connectivity index (χ1) is 15.2. The van der Waals surface area contributed by atoms with Crippen LogP contribution in [0.1, 0.15) is 34.3 Å². The molecule has 0 N–H and O–H groups in total. The van der Waals surface area contributed by atoms with Crippen LogP contribution in [-0.2, 0) is 12.8 Å². The molecule has 3 aliphatic heterocycles. The van der Waals surface area contributed by atoms with Crippen molar-refractivity contribution in [3.8, 4) is 17.2 Å². The van der Waals surface area contributed by atoms with Gasteiger partial charge in [0.1, 0.15) is 5.75 Å². The monoisotopic (exact) mass is 422 g/mol.